The van der Waals surface area contributed by atoms with Gasteiger partial charge in [-0.1, -0.05) is 17.7 Å². The molecule has 32 heavy (non-hydrogen) atoms. The smallest absolute Gasteiger partial charge is 0.170 e. The van der Waals surface area contributed by atoms with Crippen LogP contribution in [0.15, 0.2) is 36.5 Å². The quantitative estimate of drug-likeness (QED) is 0.619. The number of anilines is 1. The van der Waals surface area contributed by atoms with E-state index in [0.717, 1.165) is 54.9 Å². The molecule has 0 unspecified atom stereocenters. The van der Waals surface area contributed by atoms with E-state index in [-0.39, 0.29) is 5.02 Å². The van der Waals surface area contributed by atoms with Gasteiger partial charge in [-0.05, 0) is 61.3 Å². The third kappa shape index (κ3) is 4.40. The van der Waals surface area contributed by atoms with Gasteiger partial charge in [-0.15, -0.1) is 0 Å². The van der Waals surface area contributed by atoms with Gasteiger partial charge in [0, 0.05) is 56.9 Å². The number of benzene rings is 2. The van der Waals surface area contributed by atoms with E-state index in [1.807, 2.05) is 18.2 Å². The lowest BCUT2D eigenvalue weighted by Gasteiger charge is -2.37. The summed E-state index contributed by atoms with van der Waals surface area (Å²) in [5, 5.41) is 10.6. The lowest BCUT2D eigenvalue weighted by Crippen LogP contribution is -2.48. The van der Waals surface area contributed by atoms with Gasteiger partial charge in [0.1, 0.15) is 0 Å². The van der Waals surface area contributed by atoms with E-state index in [1.165, 1.54) is 38.5 Å². The normalized spacial score (nSPS) is 18.0. The van der Waals surface area contributed by atoms with Gasteiger partial charge in [-0.3, -0.25) is 9.88 Å². The number of aromatic nitrogens is 1. The number of piperazine rings is 1. The number of fused-ring (bicyclic) bond motifs is 1. The predicted molar refractivity (Wildman–Crippen MR) is 127 cm³/mol. The Kier molecular flexibility index (Phi) is 6.17. The highest BCUT2D eigenvalue weighted by Crippen LogP contribution is 2.35. The number of hydrogen-bond donors (Lipinski definition) is 1. The summed E-state index contributed by atoms with van der Waals surface area (Å²) in [6.45, 7) is 8.74. The molecule has 3 heterocycles. The van der Waals surface area contributed by atoms with Crippen LogP contribution in [0, 0.1) is 11.9 Å². The van der Waals surface area contributed by atoms with Crippen LogP contribution in [0.25, 0.3) is 22.0 Å². The first kappa shape index (κ1) is 21.4. The second kappa shape index (κ2) is 9.22. The lowest BCUT2D eigenvalue weighted by atomic mass is 10.0. The third-order valence-electron chi connectivity index (χ3n) is 6.63. The molecular weight excluding hydrogens is 427 g/mol. The Morgan fingerprint density at radius 1 is 0.938 bits per heavy atom. The van der Waals surface area contributed by atoms with Crippen LogP contribution >= 0.6 is 11.6 Å². The van der Waals surface area contributed by atoms with Gasteiger partial charge in [-0.2, -0.15) is 0 Å². The minimum atomic E-state index is -0.726. The van der Waals surface area contributed by atoms with Crippen molar-refractivity contribution in [3.05, 3.63) is 53.4 Å². The number of halogens is 2. The minimum absolute atomic E-state index is 0.00289. The molecule has 0 saturated carbocycles. The first-order valence-electron chi connectivity index (χ1n) is 11.3. The second-order valence-electron chi connectivity index (χ2n) is 8.65. The van der Waals surface area contributed by atoms with Crippen LogP contribution in [0.2, 0.25) is 5.02 Å². The highest BCUT2D eigenvalue weighted by Gasteiger charge is 2.21. The summed E-state index contributed by atoms with van der Waals surface area (Å²) in [6, 6.07) is 12.1. The topological polar surface area (TPSA) is 42.8 Å². The number of hydrogen-bond acceptors (Lipinski definition) is 5. The zero-order chi connectivity index (χ0) is 22.1. The summed E-state index contributed by atoms with van der Waals surface area (Å²) in [7, 11) is 0. The molecule has 0 bridgehead atoms. The van der Waals surface area contributed by atoms with E-state index in [4.69, 9.17) is 11.6 Å². The van der Waals surface area contributed by atoms with E-state index in [9.17, 15) is 9.50 Å². The first-order valence-corrected chi connectivity index (χ1v) is 11.6. The van der Waals surface area contributed by atoms with Crippen LogP contribution in [0.1, 0.15) is 12.8 Å². The van der Waals surface area contributed by atoms with E-state index < -0.39 is 11.6 Å². The maximum absolute atomic E-state index is 14.0. The summed E-state index contributed by atoms with van der Waals surface area (Å²) < 4.78 is 14.0. The summed E-state index contributed by atoms with van der Waals surface area (Å²) in [6.07, 6.45) is 4.40. The molecule has 0 spiro atoms. The van der Waals surface area contributed by atoms with Crippen molar-refractivity contribution < 1.29 is 9.50 Å². The number of phenolic OH excluding ortho intramolecular Hbond substituents is 1. The van der Waals surface area contributed by atoms with Crippen molar-refractivity contribution >= 4 is 28.2 Å². The molecule has 2 fully saturated rings. The lowest BCUT2D eigenvalue weighted by molar-refractivity contribution is 0.215. The highest BCUT2D eigenvalue weighted by atomic mass is 35.5. The third-order valence-corrected chi connectivity index (χ3v) is 6.91. The van der Waals surface area contributed by atoms with Crippen molar-refractivity contribution in [1.29, 1.82) is 0 Å². The fraction of sp³-hybridized carbons (Fsp3) is 0.400. The molecule has 0 atom stereocenters. The number of pyridine rings is 1. The average molecular weight is 454 g/mol. The van der Waals surface area contributed by atoms with E-state index in [2.05, 4.69) is 25.8 Å². The predicted octanol–water partition coefficient (Wildman–Crippen LogP) is 4.42. The SMILES string of the molecule is Oc1c(F)cc(-c2ccc3nc[c]c(N4CCN(CCN5CCCC5)CC4)c3c2)cc1Cl. The van der Waals surface area contributed by atoms with Gasteiger partial charge in [0.05, 0.1) is 16.2 Å². The molecule has 0 aliphatic carbocycles. The molecule has 2 aliphatic heterocycles. The number of rotatable bonds is 5. The first-order chi connectivity index (χ1) is 15.6. The molecule has 7 heteroatoms. The van der Waals surface area contributed by atoms with Crippen LogP contribution in [-0.4, -0.2) is 72.2 Å². The second-order valence-corrected chi connectivity index (χ2v) is 9.06. The maximum atomic E-state index is 14.0. The Balaban J connectivity index is 1.35. The van der Waals surface area contributed by atoms with Gasteiger partial charge in [0.15, 0.2) is 11.6 Å². The molecule has 1 aromatic heterocycles. The molecule has 0 amide bonds. The highest BCUT2D eigenvalue weighted by molar-refractivity contribution is 6.32. The maximum Gasteiger partial charge on any atom is 0.170 e. The van der Waals surface area contributed by atoms with Crippen molar-refractivity contribution in [1.82, 2.24) is 14.8 Å². The molecule has 2 aliphatic rings. The number of nitrogens with zero attached hydrogens (tertiary/aromatic N) is 4. The Morgan fingerprint density at radius 2 is 1.66 bits per heavy atom. The molecule has 2 aromatic carbocycles. The van der Waals surface area contributed by atoms with Crippen LogP contribution < -0.4 is 4.90 Å². The van der Waals surface area contributed by atoms with Gasteiger partial charge >= 0.3 is 0 Å². The standard InChI is InChI=1S/C25H27ClFN4O/c26-21-16-19(17-22(27)25(21)32)18-3-4-23-20(15-18)24(5-6-28-23)31-13-11-30(12-14-31)10-9-29-7-1-2-8-29/h3-4,6,15-17,32H,1-2,7-14H2. The molecule has 5 rings (SSSR count). The zero-order valence-corrected chi connectivity index (χ0v) is 18.8. The number of aromatic hydroxyl groups is 1. The summed E-state index contributed by atoms with van der Waals surface area (Å²) >= 11 is 6.00. The van der Waals surface area contributed by atoms with Gasteiger partial charge in [0.2, 0.25) is 0 Å². The Bertz CT molecular complexity index is 1090. The zero-order valence-electron chi connectivity index (χ0n) is 18.0. The largest absolute Gasteiger partial charge is 0.504 e. The summed E-state index contributed by atoms with van der Waals surface area (Å²) in [5.74, 6) is -1.25. The molecule has 5 nitrogen and oxygen atoms in total. The number of phenols is 1. The Labute approximate surface area is 193 Å². The van der Waals surface area contributed by atoms with Gasteiger partial charge in [0.25, 0.3) is 0 Å². The molecule has 167 valence electrons. The fourth-order valence-electron chi connectivity index (χ4n) is 4.74. The fourth-order valence-corrected chi connectivity index (χ4v) is 4.94. The minimum Gasteiger partial charge on any atom is -0.504 e. The van der Waals surface area contributed by atoms with Crippen LogP contribution in [0.5, 0.6) is 5.75 Å². The van der Waals surface area contributed by atoms with Crippen molar-refractivity contribution in [3.63, 3.8) is 0 Å². The van der Waals surface area contributed by atoms with E-state index >= 15 is 0 Å². The van der Waals surface area contributed by atoms with Crippen molar-refractivity contribution in [2.75, 3.05) is 57.3 Å². The van der Waals surface area contributed by atoms with Crippen molar-refractivity contribution in [2.24, 2.45) is 0 Å². The number of likely N-dealkylation sites (tertiary alicyclic amines) is 1. The molecule has 2 saturated heterocycles. The van der Waals surface area contributed by atoms with Crippen LogP contribution in [0.3, 0.4) is 0 Å². The van der Waals surface area contributed by atoms with Crippen molar-refractivity contribution in [3.8, 4) is 16.9 Å². The Morgan fingerprint density at radius 3 is 2.38 bits per heavy atom. The molecular formula is C25H27ClFN4O. The molecule has 3 aromatic rings. The van der Waals surface area contributed by atoms with Gasteiger partial charge < -0.3 is 14.9 Å². The summed E-state index contributed by atoms with van der Waals surface area (Å²) in [5.41, 5.74) is 3.35. The summed E-state index contributed by atoms with van der Waals surface area (Å²) in [4.78, 5) is 11.9. The monoisotopic (exact) mass is 453 g/mol. The molecule has 1 N–H and O–H groups in total. The molecule has 1 radical (unpaired) electrons. The van der Waals surface area contributed by atoms with E-state index in [0.29, 0.717) is 5.56 Å². The van der Waals surface area contributed by atoms with Crippen LogP contribution in [-0.2, 0) is 0 Å². The van der Waals surface area contributed by atoms with E-state index in [1.54, 1.807) is 12.3 Å². The average Bonchev–Trinajstić information content (AvgIpc) is 3.34. The van der Waals surface area contributed by atoms with Crippen molar-refractivity contribution in [2.45, 2.75) is 12.8 Å². The van der Waals surface area contributed by atoms with Gasteiger partial charge in [-0.25, -0.2) is 4.39 Å². The Hall–Kier alpha value is -2.41. The van der Waals surface area contributed by atoms with Crippen LogP contribution in [0.4, 0.5) is 10.1 Å².